The lowest BCUT2D eigenvalue weighted by atomic mass is 10.0. The minimum atomic E-state index is -0.533. The van der Waals surface area contributed by atoms with Gasteiger partial charge in [0.05, 0.1) is 11.8 Å². The standard InChI is InChI=1S/C14H16Br2N2O/c1-3-12-7-13(18(2)17-12)8-14(19)9-4-10(15)6-11(16)5-9/h4-7,14,19H,3,8H2,1-2H3. The minimum absolute atomic E-state index is 0.533. The first kappa shape index (κ1) is 14.8. The third kappa shape index (κ3) is 3.68. The molecule has 0 aliphatic carbocycles. The van der Waals surface area contributed by atoms with Crippen LogP contribution >= 0.6 is 31.9 Å². The first-order valence-electron chi connectivity index (χ1n) is 6.15. The number of nitrogens with zero attached hydrogens (tertiary/aromatic N) is 2. The van der Waals surface area contributed by atoms with E-state index in [-0.39, 0.29) is 0 Å². The molecule has 1 unspecified atom stereocenters. The van der Waals surface area contributed by atoms with Gasteiger partial charge >= 0.3 is 0 Å². The zero-order chi connectivity index (χ0) is 14.0. The Morgan fingerprint density at radius 3 is 2.37 bits per heavy atom. The van der Waals surface area contributed by atoms with Gasteiger partial charge in [0, 0.05) is 28.1 Å². The van der Waals surface area contributed by atoms with Gasteiger partial charge in [0.25, 0.3) is 0 Å². The fraction of sp³-hybridized carbons (Fsp3) is 0.357. The van der Waals surface area contributed by atoms with Gasteiger partial charge in [0.2, 0.25) is 0 Å². The van der Waals surface area contributed by atoms with E-state index in [1.807, 2.05) is 29.9 Å². The normalized spacial score (nSPS) is 12.7. The summed E-state index contributed by atoms with van der Waals surface area (Å²) < 4.78 is 3.75. The molecule has 0 radical (unpaired) electrons. The number of aryl methyl sites for hydroxylation is 2. The largest absolute Gasteiger partial charge is 0.388 e. The number of rotatable bonds is 4. The van der Waals surface area contributed by atoms with E-state index in [1.165, 1.54) is 0 Å². The quantitative estimate of drug-likeness (QED) is 0.866. The maximum absolute atomic E-state index is 10.3. The fourth-order valence-electron chi connectivity index (χ4n) is 2.02. The highest BCUT2D eigenvalue weighted by atomic mass is 79.9. The first-order chi connectivity index (χ1) is 8.99. The highest BCUT2D eigenvalue weighted by Gasteiger charge is 2.13. The summed E-state index contributed by atoms with van der Waals surface area (Å²) in [5.41, 5.74) is 2.99. The molecule has 0 aliphatic heterocycles. The van der Waals surface area contributed by atoms with E-state index in [4.69, 9.17) is 0 Å². The summed E-state index contributed by atoms with van der Waals surface area (Å²) in [5.74, 6) is 0. The smallest absolute Gasteiger partial charge is 0.0846 e. The number of hydrogen-bond donors (Lipinski definition) is 1. The Bertz CT molecular complexity index is 561. The van der Waals surface area contributed by atoms with Crippen molar-refractivity contribution in [3.63, 3.8) is 0 Å². The average Bonchev–Trinajstić information content (AvgIpc) is 2.69. The Kier molecular flexibility index (Phi) is 4.81. The Morgan fingerprint density at radius 1 is 1.21 bits per heavy atom. The number of benzene rings is 1. The molecule has 0 saturated carbocycles. The summed E-state index contributed by atoms with van der Waals surface area (Å²) in [4.78, 5) is 0. The van der Waals surface area contributed by atoms with Crippen LogP contribution in [0.25, 0.3) is 0 Å². The molecule has 0 aliphatic rings. The minimum Gasteiger partial charge on any atom is -0.388 e. The highest BCUT2D eigenvalue weighted by Crippen LogP contribution is 2.26. The maximum atomic E-state index is 10.3. The topological polar surface area (TPSA) is 38.0 Å². The molecule has 3 nitrogen and oxygen atoms in total. The molecule has 1 atom stereocenters. The zero-order valence-corrected chi connectivity index (χ0v) is 14.1. The molecule has 102 valence electrons. The number of hydrogen-bond acceptors (Lipinski definition) is 2. The van der Waals surface area contributed by atoms with E-state index < -0.39 is 6.10 Å². The maximum Gasteiger partial charge on any atom is 0.0846 e. The SMILES string of the molecule is CCc1cc(CC(O)c2cc(Br)cc(Br)c2)n(C)n1. The average molecular weight is 388 g/mol. The fourth-order valence-corrected chi connectivity index (χ4v) is 3.35. The van der Waals surface area contributed by atoms with Gasteiger partial charge in [-0.15, -0.1) is 0 Å². The van der Waals surface area contributed by atoms with Gasteiger partial charge in [-0.1, -0.05) is 38.8 Å². The third-order valence-corrected chi connectivity index (χ3v) is 3.98. The summed E-state index contributed by atoms with van der Waals surface area (Å²) in [6.07, 6.45) is 0.938. The van der Waals surface area contributed by atoms with Crippen molar-refractivity contribution in [2.24, 2.45) is 7.05 Å². The predicted molar refractivity (Wildman–Crippen MR) is 83.1 cm³/mol. The second-order valence-corrected chi connectivity index (χ2v) is 6.36. The van der Waals surface area contributed by atoms with Crippen molar-refractivity contribution >= 4 is 31.9 Å². The summed E-state index contributed by atoms with van der Waals surface area (Å²) in [6, 6.07) is 7.88. The molecular formula is C14H16Br2N2O. The van der Waals surface area contributed by atoms with Gasteiger partial charge < -0.3 is 5.11 Å². The predicted octanol–water partition coefficient (Wildman–Crippen LogP) is 3.78. The molecular weight excluding hydrogens is 372 g/mol. The van der Waals surface area contributed by atoms with Crippen molar-refractivity contribution in [2.45, 2.75) is 25.9 Å². The molecule has 0 spiro atoms. The van der Waals surface area contributed by atoms with E-state index in [2.05, 4.69) is 49.9 Å². The van der Waals surface area contributed by atoms with Gasteiger partial charge in [-0.3, -0.25) is 4.68 Å². The van der Waals surface area contributed by atoms with E-state index >= 15 is 0 Å². The summed E-state index contributed by atoms with van der Waals surface area (Å²) >= 11 is 6.88. The summed E-state index contributed by atoms with van der Waals surface area (Å²) in [6.45, 7) is 2.08. The Labute approximate surface area is 129 Å². The molecule has 19 heavy (non-hydrogen) atoms. The van der Waals surface area contributed by atoms with E-state index in [0.717, 1.165) is 32.3 Å². The Hall–Kier alpha value is -0.650. The first-order valence-corrected chi connectivity index (χ1v) is 7.74. The number of aromatic nitrogens is 2. The number of halogens is 2. The summed E-state index contributed by atoms with van der Waals surface area (Å²) in [7, 11) is 1.91. The van der Waals surface area contributed by atoms with Crippen LogP contribution in [0.4, 0.5) is 0 Å². The molecule has 1 aromatic carbocycles. The van der Waals surface area contributed by atoms with Crippen LogP contribution in [0.3, 0.4) is 0 Å². The van der Waals surface area contributed by atoms with Crippen LogP contribution in [0.1, 0.15) is 30.0 Å². The van der Waals surface area contributed by atoms with Crippen molar-refractivity contribution in [1.29, 1.82) is 0 Å². The lowest BCUT2D eigenvalue weighted by molar-refractivity contribution is 0.175. The Balaban J connectivity index is 2.20. The second-order valence-electron chi connectivity index (χ2n) is 4.53. The van der Waals surface area contributed by atoms with Gasteiger partial charge in [-0.25, -0.2) is 0 Å². The molecule has 0 saturated heterocycles. The van der Waals surface area contributed by atoms with Crippen molar-refractivity contribution in [2.75, 3.05) is 0 Å². The van der Waals surface area contributed by atoms with Crippen molar-refractivity contribution in [3.8, 4) is 0 Å². The highest BCUT2D eigenvalue weighted by molar-refractivity contribution is 9.11. The van der Waals surface area contributed by atoms with Crippen LogP contribution in [-0.2, 0) is 19.9 Å². The van der Waals surface area contributed by atoms with Crippen molar-refractivity contribution in [1.82, 2.24) is 9.78 Å². The van der Waals surface area contributed by atoms with Gasteiger partial charge in [0.1, 0.15) is 0 Å². The molecule has 1 heterocycles. The van der Waals surface area contributed by atoms with Crippen LogP contribution in [0, 0.1) is 0 Å². The second kappa shape index (κ2) is 6.20. The molecule has 1 aromatic heterocycles. The van der Waals surface area contributed by atoms with Gasteiger partial charge in [-0.2, -0.15) is 5.10 Å². The van der Waals surface area contributed by atoms with Crippen LogP contribution in [-0.4, -0.2) is 14.9 Å². The molecule has 1 N–H and O–H groups in total. The van der Waals surface area contributed by atoms with Gasteiger partial charge in [0.15, 0.2) is 0 Å². The number of aliphatic hydroxyl groups excluding tert-OH is 1. The molecule has 5 heteroatoms. The molecule has 0 bridgehead atoms. The molecule has 2 aromatic rings. The van der Waals surface area contributed by atoms with E-state index in [0.29, 0.717) is 6.42 Å². The molecule has 0 amide bonds. The van der Waals surface area contributed by atoms with Crippen LogP contribution in [0.15, 0.2) is 33.2 Å². The monoisotopic (exact) mass is 386 g/mol. The lowest BCUT2D eigenvalue weighted by Crippen LogP contribution is -2.06. The van der Waals surface area contributed by atoms with E-state index in [9.17, 15) is 5.11 Å². The van der Waals surface area contributed by atoms with Crippen molar-refractivity contribution < 1.29 is 5.11 Å². The zero-order valence-electron chi connectivity index (χ0n) is 10.9. The van der Waals surface area contributed by atoms with Gasteiger partial charge in [-0.05, 0) is 36.2 Å². The molecule has 2 rings (SSSR count). The van der Waals surface area contributed by atoms with E-state index in [1.54, 1.807) is 0 Å². The summed E-state index contributed by atoms with van der Waals surface area (Å²) in [5, 5.41) is 14.7. The van der Waals surface area contributed by atoms with Crippen LogP contribution in [0.2, 0.25) is 0 Å². The van der Waals surface area contributed by atoms with Crippen LogP contribution in [0.5, 0.6) is 0 Å². The number of aliphatic hydroxyl groups is 1. The third-order valence-electron chi connectivity index (χ3n) is 3.06. The molecule has 0 fully saturated rings. The Morgan fingerprint density at radius 2 is 1.84 bits per heavy atom. The van der Waals surface area contributed by atoms with Crippen molar-refractivity contribution in [3.05, 3.63) is 50.2 Å². The lowest BCUT2D eigenvalue weighted by Gasteiger charge is -2.12. The van der Waals surface area contributed by atoms with Crippen LogP contribution < -0.4 is 0 Å².